The van der Waals surface area contributed by atoms with Gasteiger partial charge in [0.25, 0.3) is 0 Å². The Morgan fingerprint density at radius 3 is 2.65 bits per heavy atom. The third kappa shape index (κ3) is 4.32. The lowest BCUT2D eigenvalue weighted by molar-refractivity contribution is 0.106. The molecule has 0 bridgehead atoms. The number of carbonyl (C=O) groups excluding carboxylic acids is 1. The topological polar surface area (TPSA) is 53.5 Å². The molecule has 0 aliphatic carbocycles. The largest absolute Gasteiger partial charge is 0.450 e. The Bertz CT molecular complexity index is 1550. The lowest BCUT2D eigenvalue weighted by Gasteiger charge is -2.40. The number of aromatic amines is 1. The minimum absolute atomic E-state index is 0.183. The van der Waals surface area contributed by atoms with Gasteiger partial charge in [0.1, 0.15) is 0 Å². The third-order valence-corrected chi connectivity index (χ3v) is 9.88. The van der Waals surface area contributed by atoms with Crippen LogP contribution in [0.3, 0.4) is 0 Å². The molecular weight excluding hydrogens is 496 g/mol. The van der Waals surface area contributed by atoms with E-state index in [0.717, 1.165) is 38.6 Å². The van der Waals surface area contributed by atoms with E-state index in [1.54, 1.807) is 11.3 Å². The number of piperidine rings is 1. The molecule has 0 radical (unpaired) electrons. The van der Waals surface area contributed by atoms with Gasteiger partial charge in [-0.05, 0) is 86.9 Å². The minimum Gasteiger partial charge on any atom is -0.450 e. The molecule has 2 aromatic carbocycles. The first-order valence-electron chi connectivity index (χ1n) is 15.5. The second kappa shape index (κ2) is 10.6. The molecule has 3 aliphatic rings. The van der Waals surface area contributed by atoms with E-state index in [0.29, 0.717) is 25.1 Å². The Labute approximate surface area is 237 Å². The summed E-state index contributed by atoms with van der Waals surface area (Å²) in [6.45, 7) is 6.17. The Morgan fingerprint density at radius 2 is 1.75 bits per heavy atom. The van der Waals surface area contributed by atoms with Gasteiger partial charge in [0, 0.05) is 65.8 Å². The molecule has 6 heteroatoms. The van der Waals surface area contributed by atoms with Crippen molar-refractivity contribution in [2.24, 2.45) is 7.05 Å². The van der Waals surface area contributed by atoms with Crippen molar-refractivity contribution < 1.29 is 9.53 Å². The fraction of sp³-hybridized carbons (Fsp3) is 0.500. The number of rotatable bonds is 2. The van der Waals surface area contributed by atoms with Crippen LogP contribution in [-0.2, 0) is 24.6 Å². The van der Waals surface area contributed by atoms with Crippen LogP contribution in [0.15, 0.2) is 42.5 Å². The number of carbonyl (C=O) groups is 1. The highest BCUT2D eigenvalue weighted by atomic mass is 16.6. The minimum atomic E-state index is -0.183. The zero-order chi connectivity index (χ0) is 27.2. The maximum Gasteiger partial charge on any atom is 0.409 e. The number of benzene rings is 2. The number of hydrogen-bond acceptors (Lipinski definition) is 3. The van der Waals surface area contributed by atoms with Gasteiger partial charge in [0.2, 0.25) is 0 Å². The fourth-order valence-electron chi connectivity index (χ4n) is 7.96. The number of amides is 1. The van der Waals surface area contributed by atoms with Crippen molar-refractivity contribution in [3.63, 3.8) is 0 Å². The molecule has 4 aromatic rings. The molecule has 5 heterocycles. The number of nitrogens with zero attached hydrogens (tertiary/aromatic N) is 3. The SMILES string of the molecule is CCOC(=O)N1CCCCC(c2ccc3c(c2)c2c(n3C)C3CCCCN3CC2)c2[nH]c3ccccc3c2CC1. The van der Waals surface area contributed by atoms with Crippen molar-refractivity contribution in [1.29, 1.82) is 0 Å². The first-order chi connectivity index (χ1) is 19.6. The summed E-state index contributed by atoms with van der Waals surface area (Å²) in [5.74, 6) is 0.312. The molecule has 0 saturated carbocycles. The number of H-pyrrole nitrogens is 1. The Hall–Kier alpha value is -3.25. The van der Waals surface area contributed by atoms with Crippen LogP contribution >= 0.6 is 0 Å². The van der Waals surface area contributed by atoms with E-state index < -0.39 is 0 Å². The Kier molecular flexibility index (Phi) is 6.82. The molecule has 1 saturated heterocycles. The van der Waals surface area contributed by atoms with Crippen molar-refractivity contribution in [3.8, 4) is 0 Å². The van der Waals surface area contributed by atoms with Gasteiger partial charge < -0.3 is 19.2 Å². The normalized spacial score (nSPS) is 22.1. The summed E-state index contributed by atoms with van der Waals surface area (Å²) < 4.78 is 7.89. The van der Waals surface area contributed by atoms with Crippen molar-refractivity contribution >= 4 is 27.9 Å². The highest BCUT2D eigenvalue weighted by molar-refractivity contribution is 5.88. The smallest absolute Gasteiger partial charge is 0.409 e. The van der Waals surface area contributed by atoms with Gasteiger partial charge in [-0.25, -0.2) is 4.79 Å². The maximum atomic E-state index is 12.7. The maximum absolute atomic E-state index is 12.7. The first-order valence-corrected chi connectivity index (χ1v) is 15.5. The van der Waals surface area contributed by atoms with E-state index in [1.807, 2.05) is 11.8 Å². The zero-order valence-corrected chi connectivity index (χ0v) is 24.0. The molecule has 3 aliphatic heterocycles. The summed E-state index contributed by atoms with van der Waals surface area (Å²) in [7, 11) is 2.29. The quantitative estimate of drug-likeness (QED) is 0.297. The van der Waals surface area contributed by atoms with Crippen LogP contribution in [0, 0.1) is 0 Å². The second-order valence-electron chi connectivity index (χ2n) is 12.0. The predicted octanol–water partition coefficient (Wildman–Crippen LogP) is 7.06. The van der Waals surface area contributed by atoms with Crippen LogP contribution in [0.5, 0.6) is 0 Å². The van der Waals surface area contributed by atoms with E-state index in [-0.39, 0.29) is 6.09 Å². The van der Waals surface area contributed by atoms with Crippen LogP contribution in [0.25, 0.3) is 21.8 Å². The van der Waals surface area contributed by atoms with E-state index >= 15 is 0 Å². The lowest BCUT2D eigenvalue weighted by atomic mass is 9.85. The molecule has 40 heavy (non-hydrogen) atoms. The van der Waals surface area contributed by atoms with Crippen molar-refractivity contribution in [1.82, 2.24) is 19.4 Å². The molecule has 1 amide bonds. The molecular formula is C34H42N4O2. The average Bonchev–Trinajstić information content (AvgIpc) is 3.49. The van der Waals surface area contributed by atoms with Crippen molar-refractivity contribution in [2.75, 3.05) is 32.8 Å². The van der Waals surface area contributed by atoms with Gasteiger partial charge in [0.05, 0.1) is 12.6 Å². The van der Waals surface area contributed by atoms with Crippen LogP contribution in [0.1, 0.15) is 85.5 Å². The van der Waals surface area contributed by atoms with Gasteiger partial charge >= 0.3 is 6.09 Å². The highest BCUT2D eigenvalue weighted by Crippen LogP contribution is 2.43. The van der Waals surface area contributed by atoms with Crippen LogP contribution in [0.4, 0.5) is 4.79 Å². The first kappa shape index (κ1) is 25.7. The third-order valence-electron chi connectivity index (χ3n) is 9.88. The fourth-order valence-corrected chi connectivity index (χ4v) is 7.96. The van der Waals surface area contributed by atoms with Gasteiger partial charge in [-0.3, -0.25) is 4.90 Å². The van der Waals surface area contributed by atoms with E-state index in [1.165, 1.54) is 71.0 Å². The molecule has 1 fully saturated rings. The van der Waals surface area contributed by atoms with E-state index in [4.69, 9.17) is 4.74 Å². The average molecular weight is 539 g/mol. The summed E-state index contributed by atoms with van der Waals surface area (Å²) >= 11 is 0. The van der Waals surface area contributed by atoms with Crippen molar-refractivity contribution in [3.05, 3.63) is 70.5 Å². The highest BCUT2D eigenvalue weighted by Gasteiger charge is 2.34. The summed E-state index contributed by atoms with van der Waals surface area (Å²) in [4.78, 5) is 21.2. The molecule has 2 unspecified atom stereocenters. The van der Waals surface area contributed by atoms with Gasteiger partial charge in [-0.1, -0.05) is 37.1 Å². The Balaban J connectivity index is 1.31. The number of aryl methyl sites for hydroxylation is 1. The summed E-state index contributed by atoms with van der Waals surface area (Å²) in [5.41, 5.74) is 9.82. The van der Waals surface area contributed by atoms with E-state index in [2.05, 4.69) is 64.0 Å². The van der Waals surface area contributed by atoms with E-state index in [9.17, 15) is 4.79 Å². The number of ether oxygens (including phenoxy) is 1. The van der Waals surface area contributed by atoms with Crippen LogP contribution in [0.2, 0.25) is 0 Å². The molecule has 6 nitrogen and oxygen atoms in total. The van der Waals surface area contributed by atoms with Gasteiger partial charge in [0.15, 0.2) is 0 Å². The predicted molar refractivity (Wildman–Crippen MR) is 161 cm³/mol. The summed E-state index contributed by atoms with van der Waals surface area (Å²) in [6.07, 6.45) is 8.88. The number of nitrogens with one attached hydrogen (secondary N) is 1. The Morgan fingerprint density at radius 1 is 0.925 bits per heavy atom. The molecule has 0 spiro atoms. The van der Waals surface area contributed by atoms with Gasteiger partial charge in [-0.15, -0.1) is 0 Å². The molecule has 2 atom stereocenters. The lowest BCUT2D eigenvalue weighted by Crippen LogP contribution is -2.39. The summed E-state index contributed by atoms with van der Waals surface area (Å²) in [5, 5.41) is 2.74. The number of fused-ring (bicyclic) bond motifs is 8. The van der Waals surface area contributed by atoms with Crippen LogP contribution < -0.4 is 0 Å². The molecule has 1 N–H and O–H groups in total. The van der Waals surface area contributed by atoms with Crippen molar-refractivity contribution in [2.45, 2.75) is 70.3 Å². The monoisotopic (exact) mass is 538 g/mol. The van der Waals surface area contributed by atoms with Crippen LogP contribution in [-0.4, -0.2) is 58.2 Å². The second-order valence-corrected chi connectivity index (χ2v) is 12.0. The molecule has 210 valence electrons. The summed E-state index contributed by atoms with van der Waals surface area (Å²) in [6, 6.07) is 16.6. The molecule has 7 rings (SSSR count). The number of aromatic nitrogens is 2. The van der Waals surface area contributed by atoms with Gasteiger partial charge in [-0.2, -0.15) is 0 Å². The molecule has 2 aromatic heterocycles. The zero-order valence-electron chi connectivity index (χ0n) is 24.0. The standard InChI is InChI=1S/C34H42N4O2/c1-3-40-34(39)38-19-8-6-10-24(32-26(16-21-38)25-11-4-5-12-29(25)35-32)23-14-15-30-28(22-23)27-17-20-37-18-9-7-13-31(37)33(27)36(30)2/h4-5,11-12,14-15,22,24,31,35H,3,6-10,13,16-21H2,1-2H3. The number of hydrogen-bond donors (Lipinski definition) is 1. The number of para-hydroxylation sites is 1.